The molecular weight excluding hydrogens is 348 g/mol. The van der Waals surface area contributed by atoms with Crippen LogP contribution in [0.25, 0.3) is 11.4 Å². The number of carbonyl (C=O) groups is 1. The highest BCUT2D eigenvalue weighted by atomic mass is 16.1. The zero-order valence-electron chi connectivity index (χ0n) is 16.8. The topological polar surface area (TPSA) is 62.8 Å². The molecule has 0 radical (unpaired) electrons. The van der Waals surface area contributed by atoms with Crippen LogP contribution in [0, 0.1) is 0 Å². The van der Waals surface area contributed by atoms with E-state index >= 15 is 0 Å². The van der Waals surface area contributed by atoms with E-state index in [0.717, 1.165) is 11.1 Å². The van der Waals surface area contributed by atoms with E-state index in [-0.39, 0.29) is 28.4 Å². The van der Waals surface area contributed by atoms with E-state index in [1.54, 1.807) is 0 Å². The van der Waals surface area contributed by atoms with Crippen molar-refractivity contribution in [2.45, 2.75) is 45.4 Å². The van der Waals surface area contributed by atoms with Crippen molar-refractivity contribution in [2.75, 3.05) is 0 Å². The maximum atomic E-state index is 12.8. The van der Waals surface area contributed by atoms with Crippen molar-refractivity contribution in [3.05, 3.63) is 87.8 Å². The second-order valence-electron chi connectivity index (χ2n) is 8.25. The zero-order valence-corrected chi connectivity index (χ0v) is 16.8. The van der Waals surface area contributed by atoms with E-state index in [0.29, 0.717) is 12.2 Å². The number of aromatic amines is 1. The summed E-state index contributed by atoms with van der Waals surface area (Å²) in [5, 5.41) is 0. The van der Waals surface area contributed by atoms with Gasteiger partial charge in [-0.2, -0.15) is 0 Å². The van der Waals surface area contributed by atoms with Crippen LogP contribution < -0.4 is 5.56 Å². The number of rotatable bonds is 5. The van der Waals surface area contributed by atoms with Crippen molar-refractivity contribution < 1.29 is 4.79 Å². The van der Waals surface area contributed by atoms with Gasteiger partial charge in [-0.1, -0.05) is 82.3 Å². The monoisotopic (exact) mass is 374 g/mol. The van der Waals surface area contributed by atoms with E-state index in [9.17, 15) is 9.59 Å². The third-order valence-corrected chi connectivity index (χ3v) is 4.91. The number of hydrogen-bond acceptors (Lipinski definition) is 3. The van der Waals surface area contributed by atoms with Crippen LogP contribution in [0.1, 0.15) is 61.6 Å². The standard InChI is InChI=1S/C24H26N2O2/c1-16(17-10-12-19(13-11-17)24(2,3)4)14-21(27)20-15-22(28)26-23(25-20)18-8-6-5-7-9-18/h5-13,15-16H,14H2,1-4H3,(H,25,26,28). The van der Waals surface area contributed by atoms with Crippen LogP contribution in [0.15, 0.2) is 65.5 Å². The molecule has 0 amide bonds. The van der Waals surface area contributed by atoms with Crippen molar-refractivity contribution in [1.29, 1.82) is 0 Å². The fourth-order valence-corrected chi connectivity index (χ4v) is 3.15. The molecule has 1 unspecified atom stereocenters. The lowest BCUT2D eigenvalue weighted by molar-refractivity contribution is 0.0970. The Labute approximate surface area is 165 Å². The van der Waals surface area contributed by atoms with Gasteiger partial charge in [0, 0.05) is 18.1 Å². The Kier molecular flexibility index (Phi) is 5.59. The average molecular weight is 374 g/mol. The zero-order chi connectivity index (χ0) is 20.3. The number of hydrogen-bond donors (Lipinski definition) is 1. The lowest BCUT2D eigenvalue weighted by Crippen LogP contribution is -2.15. The summed E-state index contributed by atoms with van der Waals surface area (Å²) in [6.07, 6.45) is 0.305. The Morgan fingerprint density at radius 3 is 2.29 bits per heavy atom. The minimum absolute atomic E-state index is 0.0442. The van der Waals surface area contributed by atoms with Crippen molar-refractivity contribution >= 4 is 5.78 Å². The van der Waals surface area contributed by atoms with Crippen LogP contribution in [0.4, 0.5) is 0 Å². The van der Waals surface area contributed by atoms with E-state index in [1.165, 1.54) is 11.6 Å². The smallest absolute Gasteiger partial charge is 0.251 e. The first-order valence-electron chi connectivity index (χ1n) is 9.54. The molecule has 0 aliphatic carbocycles. The fraction of sp³-hybridized carbons (Fsp3) is 0.292. The molecule has 4 heteroatoms. The van der Waals surface area contributed by atoms with Gasteiger partial charge in [0.25, 0.3) is 5.56 Å². The van der Waals surface area contributed by atoms with Gasteiger partial charge in [-0.05, 0) is 22.5 Å². The van der Waals surface area contributed by atoms with Gasteiger partial charge in [-0.25, -0.2) is 4.98 Å². The number of benzene rings is 2. The van der Waals surface area contributed by atoms with Gasteiger partial charge in [0.05, 0.1) is 0 Å². The molecule has 3 rings (SSSR count). The molecule has 2 aromatic carbocycles. The van der Waals surface area contributed by atoms with E-state index in [4.69, 9.17) is 0 Å². The molecule has 0 aliphatic heterocycles. The SMILES string of the molecule is CC(CC(=O)c1cc(=O)[nH]c(-c2ccccc2)n1)c1ccc(C(C)(C)C)cc1. The molecule has 3 aromatic rings. The number of H-pyrrole nitrogens is 1. The normalized spacial score (nSPS) is 12.6. The first-order chi connectivity index (χ1) is 13.2. The molecule has 1 aromatic heterocycles. The molecular formula is C24H26N2O2. The minimum Gasteiger partial charge on any atom is -0.306 e. The lowest BCUT2D eigenvalue weighted by atomic mass is 9.85. The number of nitrogens with one attached hydrogen (secondary N) is 1. The third-order valence-electron chi connectivity index (χ3n) is 4.91. The van der Waals surface area contributed by atoms with Gasteiger partial charge in [-0.15, -0.1) is 0 Å². The van der Waals surface area contributed by atoms with Crippen LogP contribution in [0.2, 0.25) is 0 Å². The Morgan fingerprint density at radius 1 is 1.04 bits per heavy atom. The van der Waals surface area contributed by atoms with Crippen LogP contribution in [0.3, 0.4) is 0 Å². The number of carbonyl (C=O) groups excluding carboxylic acids is 1. The van der Waals surface area contributed by atoms with Gasteiger partial charge in [0.15, 0.2) is 5.78 Å². The molecule has 28 heavy (non-hydrogen) atoms. The first kappa shape index (κ1) is 19.7. The Bertz CT molecular complexity index is 1010. The van der Waals surface area contributed by atoms with Crippen molar-refractivity contribution in [2.24, 2.45) is 0 Å². The van der Waals surface area contributed by atoms with Crippen molar-refractivity contribution in [3.63, 3.8) is 0 Å². The summed E-state index contributed by atoms with van der Waals surface area (Å²) < 4.78 is 0. The summed E-state index contributed by atoms with van der Waals surface area (Å²) in [4.78, 5) is 31.9. The molecule has 0 aliphatic rings. The minimum atomic E-state index is -0.320. The first-order valence-corrected chi connectivity index (χ1v) is 9.54. The van der Waals surface area contributed by atoms with Crippen molar-refractivity contribution in [1.82, 2.24) is 9.97 Å². The van der Waals surface area contributed by atoms with Crippen LogP contribution in [-0.4, -0.2) is 15.8 Å². The highest BCUT2D eigenvalue weighted by Crippen LogP contribution is 2.26. The second-order valence-corrected chi connectivity index (χ2v) is 8.25. The number of aromatic nitrogens is 2. The highest BCUT2D eigenvalue weighted by Gasteiger charge is 2.18. The van der Waals surface area contributed by atoms with Gasteiger partial charge >= 0.3 is 0 Å². The summed E-state index contributed by atoms with van der Waals surface area (Å²) in [5.74, 6) is 0.331. The van der Waals surface area contributed by atoms with Gasteiger partial charge in [0.2, 0.25) is 0 Å². The summed E-state index contributed by atoms with van der Waals surface area (Å²) in [6, 6.07) is 19.0. The number of Topliss-reactive ketones (excluding diaryl/α,β-unsaturated/α-hetero) is 1. The fourth-order valence-electron chi connectivity index (χ4n) is 3.15. The van der Waals surface area contributed by atoms with E-state index < -0.39 is 0 Å². The van der Waals surface area contributed by atoms with E-state index in [1.807, 2.05) is 37.3 Å². The molecule has 1 heterocycles. The summed E-state index contributed by atoms with van der Waals surface area (Å²) in [5.41, 5.74) is 3.13. The molecule has 1 atom stereocenters. The summed E-state index contributed by atoms with van der Waals surface area (Å²) in [7, 11) is 0. The third kappa shape index (κ3) is 4.63. The molecule has 144 valence electrons. The lowest BCUT2D eigenvalue weighted by Gasteiger charge is -2.20. The predicted molar refractivity (Wildman–Crippen MR) is 113 cm³/mol. The molecule has 0 saturated heterocycles. The molecule has 1 N–H and O–H groups in total. The van der Waals surface area contributed by atoms with Gasteiger partial charge in [-0.3, -0.25) is 9.59 Å². The predicted octanol–water partition coefficient (Wildman–Crippen LogP) is 5.11. The second kappa shape index (κ2) is 7.93. The summed E-state index contributed by atoms with van der Waals surface area (Å²) in [6.45, 7) is 8.56. The highest BCUT2D eigenvalue weighted by molar-refractivity contribution is 5.95. The molecule has 0 bridgehead atoms. The molecule has 0 fully saturated rings. The Balaban J connectivity index is 1.79. The van der Waals surface area contributed by atoms with Crippen molar-refractivity contribution in [3.8, 4) is 11.4 Å². The van der Waals surface area contributed by atoms with Crippen LogP contribution in [0.5, 0.6) is 0 Å². The van der Waals surface area contributed by atoms with Gasteiger partial charge in [0.1, 0.15) is 11.5 Å². The van der Waals surface area contributed by atoms with E-state index in [2.05, 4.69) is 55.0 Å². The number of ketones is 1. The molecule has 0 saturated carbocycles. The quantitative estimate of drug-likeness (QED) is 0.631. The molecule has 4 nitrogen and oxygen atoms in total. The van der Waals surface area contributed by atoms with Gasteiger partial charge < -0.3 is 4.98 Å². The maximum absolute atomic E-state index is 12.8. The van der Waals surface area contributed by atoms with Crippen LogP contribution >= 0.6 is 0 Å². The summed E-state index contributed by atoms with van der Waals surface area (Å²) >= 11 is 0. The average Bonchev–Trinajstić information content (AvgIpc) is 2.67. The maximum Gasteiger partial charge on any atom is 0.251 e. The van der Waals surface area contributed by atoms with Crippen LogP contribution in [-0.2, 0) is 5.41 Å². The largest absolute Gasteiger partial charge is 0.306 e. The molecule has 0 spiro atoms. The number of nitrogens with zero attached hydrogens (tertiary/aromatic N) is 1. The Morgan fingerprint density at radius 2 is 1.68 bits per heavy atom. The Hall–Kier alpha value is -3.01.